The lowest BCUT2D eigenvalue weighted by molar-refractivity contribution is -0.0109. The SMILES string of the molecule is CO[C@@H]1[C@H](O)[C@@H](/C=C/P(=O)(COP=O)COP=O)O[C@H]1c1cccc2ccccc12. The molecule has 0 unspecified atom stereocenters. The minimum atomic E-state index is -3.26. The fraction of sp³-hybridized carbons (Fsp3) is 0.368. The molecule has 30 heavy (non-hydrogen) atoms. The van der Waals surface area contributed by atoms with Crippen LogP contribution in [0.5, 0.6) is 0 Å². The maximum absolute atomic E-state index is 12.9. The summed E-state index contributed by atoms with van der Waals surface area (Å²) in [5, 5.41) is 12.8. The monoisotopic (exact) mass is 470 g/mol. The van der Waals surface area contributed by atoms with Gasteiger partial charge in [0.2, 0.25) is 0 Å². The Kier molecular flexibility index (Phi) is 8.41. The molecule has 0 radical (unpaired) electrons. The summed E-state index contributed by atoms with van der Waals surface area (Å²) >= 11 is 0. The van der Waals surface area contributed by atoms with Crippen LogP contribution in [-0.4, -0.2) is 43.2 Å². The van der Waals surface area contributed by atoms with Gasteiger partial charge in [0.15, 0.2) is 7.14 Å². The molecule has 0 aliphatic carbocycles. The predicted molar refractivity (Wildman–Crippen MR) is 112 cm³/mol. The quantitative estimate of drug-likeness (QED) is 0.489. The van der Waals surface area contributed by atoms with E-state index in [1.54, 1.807) is 0 Å². The molecule has 1 fully saturated rings. The minimum absolute atomic E-state index is 0.368. The summed E-state index contributed by atoms with van der Waals surface area (Å²) < 4.78 is 55.0. The van der Waals surface area contributed by atoms with Gasteiger partial charge in [-0.2, -0.15) is 0 Å². The van der Waals surface area contributed by atoms with Crippen molar-refractivity contribution in [3.63, 3.8) is 0 Å². The van der Waals surface area contributed by atoms with E-state index in [2.05, 4.69) is 0 Å². The smallest absolute Gasteiger partial charge is 0.327 e. The van der Waals surface area contributed by atoms with Crippen LogP contribution in [0.15, 0.2) is 54.4 Å². The minimum Gasteiger partial charge on any atom is -0.387 e. The lowest BCUT2D eigenvalue weighted by Gasteiger charge is -2.20. The van der Waals surface area contributed by atoms with Crippen molar-refractivity contribution in [3.8, 4) is 0 Å². The summed E-state index contributed by atoms with van der Waals surface area (Å²) in [6.07, 6.45) is -2.28. The fourth-order valence-corrected chi connectivity index (χ4v) is 6.14. The number of aliphatic hydroxyl groups is 1. The van der Waals surface area contributed by atoms with Crippen LogP contribution in [0.4, 0.5) is 0 Å². The molecule has 1 aliphatic heterocycles. The summed E-state index contributed by atoms with van der Waals surface area (Å²) in [7, 11) is -3.02. The summed E-state index contributed by atoms with van der Waals surface area (Å²) in [4.78, 5) is 0. The molecule has 0 amide bonds. The number of aliphatic hydroxyl groups excluding tert-OH is 1. The first kappa shape index (κ1) is 23.3. The van der Waals surface area contributed by atoms with E-state index in [0.29, 0.717) is 0 Å². The first-order chi connectivity index (χ1) is 14.5. The van der Waals surface area contributed by atoms with Gasteiger partial charge in [0, 0.05) is 7.11 Å². The maximum atomic E-state index is 12.9. The van der Waals surface area contributed by atoms with Crippen molar-refractivity contribution in [2.24, 2.45) is 0 Å². The van der Waals surface area contributed by atoms with Gasteiger partial charge in [-0.05, 0) is 28.2 Å². The molecule has 2 aromatic rings. The largest absolute Gasteiger partial charge is 0.387 e. The topological polar surface area (TPSA) is 108 Å². The lowest BCUT2D eigenvalue weighted by atomic mass is 9.96. The van der Waals surface area contributed by atoms with Gasteiger partial charge in [0.25, 0.3) is 0 Å². The Balaban J connectivity index is 1.87. The number of rotatable bonds is 10. The van der Waals surface area contributed by atoms with Crippen molar-refractivity contribution in [1.29, 1.82) is 0 Å². The van der Waals surface area contributed by atoms with Gasteiger partial charge in [0.05, 0.1) is 0 Å². The molecule has 1 saturated heterocycles. The Morgan fingerprint density at radius 2 is 1.77 bits per heavy atom. The predicted octanol–water partition coefficient (Wildman–Crippen LogP) is 4.89. The molecule has 0 spiro atoms. The Labute approximate surface area is 177 Å². The molecule has 3 rings (SSSR count). The van der Waals surface area contributed by atoms with Crippen molar-refractivity contribution >= 4 is 35.3 Å². The van der Waals surface area contributed by atoms with Gasteiger partial charge in [-0.15, -0.1) is 0 Å². The number of fused-ring (bicyclic) bond motifs is 1. The number of hydrogen-bond acceptors (Lipinski definition) is 8. The molecule has 8 nitrogen and oxygen atoms in total. The van der Waals surface area contributed by atoms with Gasteiger partial charge >= 0.3 is 17.4 Å². The van der Waals surface area contributed by atoms with Crippen LogP contribution in [0, 0.1) is 0 Å². The molecule has 0 aromatic heterocycles. The third kappa shape index (κ3) is 5.28. The first-order valence-electron chi connectivity index (χ1n) is 9.03. The number of ether oxygens (including phenoxy) is 2. The summed E-state index contributed by atoms with van der Waals surface area (Å²) in [6.45, 7) is 0. The molecule has 1 aliphatic rings. The maximum Gasteiger partial charge on any atom is 0.327 e. The Morgan fingerprint density at radius 1 is 1.10 bits per heavy atom. The van der Waals surface area contributed by atoms with E-state index >= 15 is 0 Å². The normalized spacial score (nSPS) is 26.6. The highest BCUT2D eigenvalue weighted by atomic mass is 31.2. The van der Waals surface area contributed by atoms with Gasteiger partial charge in [-0.25, -0.2) is 9.13 Å². The molecule has 1 N–H and O–H groups in total. The van der Waals surface area contributed by atoms with Crippen molar-refractivity contribution in [2.45, 2.75) is 24.4 Å². The van der Waals surface area contributed by atoms with Crippen molar-refractivity contribution in [1.82, 2.24) is 0 Å². The number of hydrogen-bond donors (Lipinski definition) is 1. The van der Waals surface area contributed by atoms with E-state index in [1.165, 1.54) is 19.0 Å². The Hall–Kier alpha value is -1.33. The molecule has 0 bridgehead atoms. The van der Waals surface area contributed by atoms with Crippen LogP contribution in [-0.2, 0) is 32.2 Å². The van der Waals surface area contributed by atoms with Gasteiger partial charge < -0.3 is 19.1 Å². The average Bonchev–Trinajstić information content (AvgIpc) is 3.09. The number of methoxy groups -OCH3 is 1. The molecule has 0 saturated carbocycles. The fourth-order valence-electron chi connectivity index (χ4n) is 3.47. The van der Waals surface area contributed by atoms with E-state index in [1.807, 2.05) is 42.5 Å². The summed E-state index contributed by atoms with van der Waals surface area (Å²) in [6, 6.07) is 13.7. The van der Waals surface area contributed by atoms with Crippen LogP contribution >= 0.6 is 24.5 Å². The second-order valence-electron chi connectivity index (χ2n) is 6.74. The van der Waals surface area contributed by atoms with Crippen molar-refractivity contribution in [2.75, 3.05) is 19.8 Å². The van der Waals surface area contributed by atoms with Crippen molar-refractivity contribution < 1.29 is 37.3 Å². The van der Waals surface area contributed by atoms with Crippen LogP contribution in [0.1, 0.15) is 11.7 Å². The van der Waals surface area contributed by atoms with Gasteiger partial charge in [0.1, 0.15) is 37.1 Å². The third-order valence-corrected chi connectivity index (χ3v) is 7.61. The zero-order valence-electron chi connectivity index (χ0n) is 16.1. The second-order valence-corrected chi connectivity index (χ2v) is 10.3. The highest BCUT2D eigenvalue weighted by molar-refractivity contribution is 7.67. The first-order valence-corrected chi connectivity index (χ1v) is 12.6. The van der Waals surface area contributed by atoms with Crippen LogP contribution < -0.4 is 0 Å². The summed E-state index contributed by atoms with van der Waals surface area (Å²) in [5.74, 6) is 1.31. The third-order valence-electron chi connectivity index (χ3n) is 4.88. The number of benzene rings is 2. The van der Waals surface area contributed by atoms with Gasteiger partial charge in [-0.3, -0.25) is 9.05 Å². The molecular formula is C19H21O8P3. The summed E-state index contributed by atoms with van der Waals surface area (Å²) in [5.41, 5.74) is 0.875. The van der Waals surface area contributed by atoms with Crippen LogP contribution in [0.3, 0.4) is 0 Å². The Morgan fingerprint density at radius 3 is 2.43 bits per heavy atom. The molecule has 2 aromatic carbocycles. The highest BCUT2D eigenvalue weighted by Crippen LogP contribution is 2.49. The van der Waals surface area contributed by atoms with E-state index < -0.39 is 48.9 Å². The van der Waals surface area contributed by atoms with Crippen LogP contribution in [0.2, 0.25) is 0 Å². The van der Waals surface area contributed by atoms with Crippen molar-refractivity contribution in [3.05, 3.63) is 59.9 Å². The van der Waals surface area contributed by atoms with Gasteiger partial charge in [-0.1, -0.05) is 42.5 Å². The van der Waals surface area contributed by atoms with E-state index in [4.69, 9.17) is 18.5 Å². The molecular weight excluding hydrogens is 449 g/mol. The van der Waals surface area contributed by atoms with E-state index in [0.717, 1.165) is 16.3 Å². The molecule has 11 heteroatoms. The molecule has 4 atom stereocenters. The zero-order chi connectivity index (χ0) is 21.6. The molecule has 1 heterocycles. The van der Waals surface area contributed by atoms with E-state index in [-0.39, 0.29) is 12.7 Å². The second kappa shape index (κ2) is 10.8. The standard InChI is InChI=1S/C19H21O8P3/c1-24-19-17(20)16(9-10-30(23,11-25-28-21)12-26-29-22)27-18(19)15-8-4-6-13-5-2-3-7-14(13)15/h2-10,16-20H,11-12H2,1H3/b10-9+/t16-,17-,18+,19-/m1/s1. The van der Waals surface area contributed by atoms with E-state index in [9.17, 15) is 18.8 Å². The lowest BCUT2D eigenvalue weighted by Crippen LogP contribution is -2.31. The average molecular weight is 470 g/mol. The Bertz CT molecular complexity index is 944. The van der Waals surface area contributed by atoms with Crippen LogP contribution in [0.25, 0.3) is 10.8 Å². The zero-order valence-corrected chi connectivity index (χ0v) is 18.7. The molecule has 160 valence electrons. The highest BCUT2D eigenvalue weighted by Gasteiger charge is 2.44.